The van der Waals surface area contributed by atoms with Crippen LogP contribution in [0.5, 0.6) is 0 Å². The zero-order valence-corrected chi connectivity index (χ0v) is 30.9. The van der Waals surface area contributed by atoms with Gasteiger partial charge in [-0.05, 0) is 54.1 Å². The Hall–Kier alpha value is -0.0800. The molecule has 0 atom stereocenters. The molecule has 0 aliphatic heterocycles. The van der Waals surface area contributed by atoms with Crippen LogP contribution in [0.15, 0.2) is 0 Å². The van der Waals surface area contributed by atoms with E-state index in [1.165, 1.54) is 219 Å². The van der Waals surface area contributed by atoms with Crippen LogP contribution in [0.25, 0.3) is 0 Å². The molecular formula is C40H86N2. The summed E-state index contributed by atoms with van der Waals surface area (Å²) in [5.41, 5.74) is 0. The third-order valence-corrected chi connectivity index (χ3v) is 8.92. The van der Waals surface area contributed by atoms with E-state index in [2.05, 4.69) is 51.8 Å². The van der Waals surface area contributed by atoms with Gasteiger partial charge in [0.25, 0.3) is 0 Å². The van der Waals surface area contributed by atoms with E-state index in [1.54, 1.807) is 0 Å². The number of nitrogens with zero attached hydrogens (tertiary/aromatic N) is 2. The van der Waals surface area contributed by atoms with Crippen molar-refractivity contribution in [1.29, 1.82) is 0 Å². The third kappa shape index (κ3) is 46.9. The van der Waals surface area contributed by atoms with E-state index in [4.69, 9.17) is 0 Å². The van der Waals surface area contributed by atoms with Gasteiger partial charge in [-0.25, -0.2) is 0 Å². The maximum Gasteiger partial charge on any atom is -0.00248 e. The molecule has 0 saturated heterocycles. The predicted molar refractivity (Wildman–Crippen MR) is 196 cm³/mol. The summed E-state index contributed by atoms with van der Waals surface area (Å²) in [5.74, 6) is 0. The summed E-state index contributed by atoms with van der Waals surface area (Å²) in [5, 5.41) is 0. The molecule has 0 amide bonds. The largest absolute Gasteiger partial charge is 0.309 e. The van der Waals surface area contributed by atoms with Crippen molar-refractivity contribution >= 4 is 0 Å². The lowest BCUT2D eigenvalue weighted by Crippen LogP contribution is -2.12. The first-order valence-corrected chi connectivity index (χ1v) is 19.8. The van der Waals surface area contributed by atoms with Gasteiger partial charge in [0.2, 0.25) is 0 Å². The maximum atomic E-state index is 2.30. The Kier molecular flexibility index (Phi) is 42.9. The number of hydrogen-bond donors (Lipinski definition) is 0. The molecule has 2 heteroatoms. The number of rotatable bonds is 34. The summed E-state index contributed by atoms with van der Waals surface area (Å²) >= 11 is 0. The lowest BCUT2D eigenvalue weighted by Gasteiger charge is -2.08. The van der Waals surface area contributed by atoms with Crippen LogP contribution in [-0.2, 0) is 0 Å². The van der Waals surface area contributed by atoms with Gasteiger partial charge in [-0.1, -0.05) is 206 Å². The molecule has 0 rings (SSSR count). The molecule has 256 valence electrons. The van der Waals surface area contributed by atoms with E-state index in [9.17, 15) is 0 Å². The Morgan fingerprint density at radius 1 is 0.214 bits per heavy atom. The molecule has 0 heterocycles. The summed E-state index contributed by atoms with van der Waals surface area (Å²) in [6, 6.07) is 0. The van der Waals surface area contributed by atoms with Gasteiger partial charge >= 0.3 is 0 Å². The van der Waals surface area contributed by atoms with Crippen LogP contribution in [0.4, 0.5) is 0 Å². The molecule has 0 aliphatic carbocycles. The molecule has 0 aromatic rings. The molecule has 0 aliphatic rings. The number of hydrogen-bond acceptors (Lipinski definition) is 2. The van der Waals surface area contributed by atoms with Gasteiger partial charge in [-0.2, -0.15) is 0 Å². The summed E-state index contributed by atoms with van der Waals surface area (Å²) in [6.07, 6.45) is 46.6. The monoisotopic (exact) mass is 595 g/mol. The van der Waals surface area contributed by atoms with Gasteiger partial charge < -0.3 is 9.80 Å². The van der Waals surface area contributed by atoms with Gasteiger partial charge in [0, 0.05) is 0 Å². The Bertz CT molecular complexity index is 393. The summed E-state index contributed by atoms with van der Waals surface area (Å²) < 4.78 is 0. The van der Waals surface area contributed by atoms with E-state index < -0.39 is 0 Å². The number of unbranched alkanes of at least 4 members (excludes halogenated alkanes) is 30. The molecule has 0 aromatic carbocycles. The van der Waals surface area contributed by atoms with Gasteiger partial charge in [-0.15, -0.1) is 0 Å². The zero-order chi connectivity index (χ0) is 31.2. The van der Waals surface area contributed by atoms with E-state index in [0.29, 0.717) is 0 Å². The van der Waals surface area contributed by atoms with Gasteiger partial charge in [0.15, 0.2) is 0 Å². The van der Waals surface area contributed by atoms with Crippen molar-refractivity contribution < 1.29 is 0 Å². The van der Waals surface area contributed by atoms with E-state index >= 15 is 0 Å². The van der Waals surface area contributed by atoms with Gasteiger partial charge in [0.1, 0.15) is 0 Å². The molecule has 0 radical (unpaired) electrons. The Morgan fingerprint density at radius 3 is 0.500 bits per heavy atom. The first-order chi connectivity index (χ1) is 20.5. The fourth-order valence-corrected chi connectivity index (χ4v) is 5.95. The van der Waals surface area contributed by atoms with Crippen LogP contribution >= 0.6 is 0 Å². The van der Waals surface area contributed by atoms with Crippen molar-refractivity contribution in [2.45, 2.75) is 219 Å². The first-order valence-electron chi connectivity index (χ1n) is 19.8. The highest BCUT2D eigenvalue weighted by Crippen LogP contribution is 2.15. The Labute approximate surface area is 269 Å². The second-order valence-corrected chi connectivity index (χ2v) is 14.2. The molecule has 0 N–H and O–H groups in total. The van der Waals surface area contributed by atoms with Crippen molar-refractivity contribution in [3.63, 3.8) is 0 Å². The van der Waals surface area contributed by atoms with Gasteiger partial charge in [-0.3, -0.25) is 0 Å². The quantitative estimate of drug-likeness (QED) is 0.0684. The van der Waals surface area contributed by atoms with Crippen molar-refractivity contribution in [3.8, 4) is 0 Å². The second-order valence-electron chi connectivity index (χ2n) is 14.2. The fourth-order valence-electron chi connectivity index (χ4n) is 5.95. The highest BCUT2D eigenvalue weighted by Gasteiger charge is 1.97. The predicted octanol–water partition coefficient (Wildman–Crippen LogP) is 13.6. The minimum absolute atomic E-state index is 1.26. The van der Waals surface area contributed by atoms with Crippen molar-refractivity contribution in [1.82, 2.24) is 9.80 Å². The average molecular weight is 595 g/mol. The van der Waals surface area contributed by atoms with E-state index in [0.717, 1.165) is 0 Å². The summed E-state index contributed by atoms with van der Waals surface area (Å²) in [4.78, 5) is 4.59. The molecule has 0 saturated carbocycles. The normalized spacial score (nSPS) is 11.4. The summed E-state index contributed by atoms with van der Waals surface area (Å²) in [7, 11) is 8.69. The summed E-state index contributed by atoms with van der Waals surface area (Å²) in [6.45, 7) is 7.12. The highest BCUT2D eigenvalue weighted by molar-refractivity contribution is 4.52. The molecule has 42 heavy (non-hydrogen) atoms. The van der Waals surface area contributed by atoms with Crippen LogP contribution in [0.3, 0.4) is 0 Å². The second kappa shape index (κ2) is 40.9. The average Bonchev–Trinajstić information content (AvgIpc) is 2.97. The molecule has 0 aromatic heterocycles. The minimum Gasteiger partial charge on any atom is -0.309 e. The molecule has 0 bridgehead atoms. The van der Waals surface area contributed by atoms with Crippen molar-refractivity contribution in [2.24, 2.45) is 0 Å². The highest BCUT2D eigenvalue weighted by atomic mass is 15.0. The first kappa shape index (κ1) is 44.0. The van der Waals surface area contributed by atoms with Crippen LogP contribution in [0.2, 0.25) is 0 Å². The van der Waals surface area contributed by atoms with E-state index in [-0.39, 0.29) is 0 Å². The minimum atomic E-state index is 1.26. The SMILES string of the molecule is CCCCCCCCCCCCCCCCCCN(C)C.CCCCCCCCCCCCCCCCCCN(C)C. The van der Waals surface area contributed by atoms with Crippen LogP contribution in [-0.4, -0.2) is 51.1 Å². The zero-order valence-electron chi connectivity index (χ0n) is 30.9. The standard InChI is InChI=1S/2C20H43N/c2*1-4-5-6-7-8-9-10-11-12-13-14-15-16-17-18-19-20-21(2)3/h2*4-20H2,1-3H3. The fraction of sp³-hybridized carbons (Fsp3) is 1.00. The maximum absolute atomic E-state index is 2.30. The molecular weight excluding hydrogens is 508 g/mol. The van der Waals surface area contributed by atoms with Gasteiger partial charge in [0.05, 0.1) is 0 Å². The lowest BCUT2D eigenvalue weighted by molar-refractivity contribution is 0.389. The van der Waals surface area contributed by atoms with Crippen molar-refractivity contribution in [2.75, 3.05) is 41.3 Å². The topological polar surface area (TPSA) is 6.48 Å². The van der Waals surface area contributed by atoms with Crippen LogP contribution < -0.4 is 0 Å². The van der Waals surface area contributed by atoms with E-state index in [1.807, 2.05) is 0 Å². The van der Waals surface area contributed by atoms with Crippen LogP contribution in [0.1, 0.15) is 219 Å². The molecule has 2 nitrogen and oxygen atoms in total. The molecule has 0 fully saturated rings. The molecule has 0 spiro atoms. The smallest absolute Gasteiger partial charge is 0.00248 e. The van der Waals surface area contributed by atoms with Crippen LogP contribution in [0, 0.1) is 0 Å². The Balaban J connectivity index is 0. The lowest BCUT2D eigenvalue weighted by atomic mass is 10.0. The van der Waals surface area contributed by atoms with Crippen molar-refractivity contribution in [3.05, 3.63) is 0 Å². The Morgan fingerprint density at radius 2 is 0.357 bits per heavy atom. The molecule has 0 unspecified atom stereocenters. The third-order valence-electron chi connectivity index (χ3n) is 8.92.